The van der Waals surface area contributed by atoms with Crippen molar-refractivity contribution in [3.63, 3.8) is 0 Å². The molecule has 5 aliphatic heterocycles. The van der Waals surface area contributed by atoms with Gasteiger partial charge in [-0.1, -0.05) is 18.2 Å². The Hall–Kier alpha value is -0.717. The maximum atomic E-state index is 12.7. The Morgan fingerprint density at radius 3 is 2.29 bits per heavy atom. The standard InChI is InChI=1S/C20H29N3O7S2.2Co/c1-29-12-8-7-11-23(32(3,27)28)17-20(14-21-31(2,25)26)15-22(16-20)19(24)30-13-18-9-5-4-6-10-18;;/h4-6,9-10,21H,11-17H2,1-3H3;;. The summed E-state index contributed by atoms with van der Waals surface area (Å²) in [5.41, 5.74) is 0.154. The van der Waals surface area contributed by atoms with Crippen molar-refractivity contribution in [2.75, 3.05) is 59.0 Å². The Bertz CT molecular complexity index is 1200. The summed E-state index contributed by atoms with van der Waals surface area (Å²) in [7, 11) is -5.30. The van der Waals surface area contributed by atoms with Gasteiger partial charge in [0.2, 0.25) is 0 Å². The minimum absolute atomic E-state index is 0.0161. The summed E-state index contributed by atoms with van der Waals surface area (Å²) in [6.45, 7) is 1.97. The van der Waals surface area contributed by atoms with Crippen molar-refractivity contribution in [3.05, 3.63) is 35.9 Å². The zero-order chi connectivity index (χ0) is 24.6. The molecule has 0 radical (unpaired) electrons. The fourth-order valence-electron chi connectivity index (χ4n) is 4.37. The molecular weight excluding hydrogens is 576 g/mol. The van der Waals surface area contributed by atoms with E-state index in [2.05, 4.69) is 4.72 Å². The van der Waals surface area contributed by atoms with Gasteiger partial charge in [-0.05, 0) is 0 Å². The number of likely N-dealkylation sites (tertiary alicyclic amines) is 1. The Kier molecular flexibility index (Phi) is 5.98. The Morgan fingerprint density at radius 2 is 1.74 bits per heavy atom. The number of ether oxygens (including phenoxy) is 2. The Morgan fingerprint density at radius 1 is 1.09 bits per heavy atom. The van der Waals surface area contributed by atoms with Crippen LogP contribution in [0.1, 0.15) is 5.56 Å². The van der Waals surface area contributed by atoms with Crippen LogP contribution in [0.2, 0.25) is 6.57 Å². The zero-order valence-corrected chi connectivity index (χ0v) is 22.8. The molecule has 10 nitrogen and oxygen atoms in total. The summed E-state index contributed by atoms with van der Waals surface area (Å²) in [6.07, 6.45) is 1.77. The summed E-state index contributed by atoms with van der Waals surface area (Å²) < 4.78 is 64.2. The average Bonchev–Trinajstić information content (AvgIpc) is 3.65. The molecule has 1 N–H and O–H groups in total. The van der Waals surface area contributed by atoms with Crippen LogP contribution in [0.4, 0.5) is 4.79 Å². The number of hydrogen-bond acceptors (Lipinski definition) is 7. The second-order valence-electron chi connectivity index (χ2n) is 9.11. The number of hydrogen-bond donors (Lipinski definition) is 1. The van der Waals surface area contributed by atoms with E-state index in [9.17, 15) is 21.6 Å². The molecule has 196 valence electrons. The number of benzene rings is 1. The van der Waals surface area contributed by atoms with Crippen LogP contribution in [0, 0.1) is 5.41 Å². The van der Waals surface area contributed by atoms with E-state index in [0.717, 1.165) is 11.8 Å². The van der Waals surface area contributed by atoms with Gasteiger partial charge < -0.3 is 0 Å². The third-order valence-corrected chi connectivity index (χ3v) is 20.4. The minimum atomic E-state index is -3.51. The number of carbonyl (C=O) groups is 1. The number of carbonyl (C=O) groups excluding carboxylic acids is 1. The molecule has 1 aromatic carbocycles. The monoisotopic (exact) mass is 605 g/mol. The molecule has 1 aromatic rings. The Balaban J connectivity index is 1.24. The first-order valence-electron chi connectivity index (χ1n) is 10.5. The van der Waals surface area contributed by atoms with Crippen molar-refractivity contribution in [2.45, 2.75) is 13.2 Å². The summed E-state index contributed by atoms with van der Waals surface area (Å²) in [4.78, 5) is 14.1. The van der Waals surface area contributed by atoms with E-state index in [1.165, 1.54) is 15.5 Å². The third-order valence-electron chi connectivity index (χ3n) is 6.24. The van der Waals surface area contributed by atoms with Gasteiger partial charge in [0.25, 0.3) is 0 Å². The van der Waals surface area contributed by atoms with Crippen LogP contribution >= 0.6 is 0 Å². The molecule has 6 rings (SSSR count). The van der Waals surface area contributed by atoms with E-state index >= 15 is 0 Å². The van der Waals surface area contributed by atoms with Crippen LogP contribution < -0.4 is 4.72 Å². The van der Waals surface area contributed by atoms with Crippen LogP contribution in [0.5, 0.6) is 0 Å². The van der Waals surface area contributed by atoms with Crippen molar-refractivity contribution in [3.8, 4) is 0 Å². The molecule has 5 heterocycles. The first kappa shape index (κ1) is 25.0. The topological polar surface area (TPSA) is 122 Å². The SMILES string of the molecule is COC[C]12[Co]3[Co]1[C]32CN(CC1(CNS(C)(=O)=O)CN(C(=O)OCc2ccccc2)C1)S(C)(=O)=O. The van der Waals surface area contributed by atoms with Gasteiger partial charge in [0.05, 0.1) is 0 Å². The van der Waals surface area contributed by atoms with Gasteiger partial charge in [0.1, 0.15) is 0 Å². The zero-order valence-electron chi connectivity index (χ0n) is 19.1. The van der Waals surface area contributed by atoms with E-state index in [4.69, 9.17) is 9.47 Å². The van der Waals surface area contributed by atoms with Crippen molar-refractivity contribution in [2.24, 2.45) is 5.41 Å². The van der Waals surface area contributed by atoms with Crippen LogP contribution in [-0.2, 0) is 59.9 Å². The molecule has 14 heteroatoms. The number of amides is 1. The van der Waals surface area contributed by atoms with Gasteiger partial charge in [-0.3, -0.25) is 0 Å². The predicted molar refractivity (Wildman–Crippen MR) is 117 cm³/mol. The normalized spacial score (nSPS) is 29.9. The van der Waals surface area contributed by atoms with Gasteiger partial charge in [0.15, 0.2) is 0 Å². The van der Waals surface area contributed by atoms with Gasteiger partial charge in [0, 0.05) is 0 Å². The fourth-order valence-corrected chi connectivity index (χ4v) is 20.0. The van der Waals surface area contributed by atoms with Crippen LogP contribution in [0.3, 0.4) is 0 Å². The summed E-state index contributed by atoms with van der Waals surface area (Å²) in [5.74, 6) is 0. The fraction of sp³-hybridized carbons (Fsp3) is 0.650. The molecule has 1 amide bonds. The second kappa shape index (κ2) is 8.14. The van der Waals surface area contributed by atoms with Gasteiger partial charge >= 0.3 is 190 Å². The van der Waals surface area contributed by atoms with E-state index in [1.807, 2.05) is 30.3 Å². The molecule has 5 aliphatic rings. The van der Waals surface area contributed by atoms with Gasteiger partial charge in [-0.15, -0.1) is 0 Å². The first-order chi connectivity index (χ1) is 15.9. The van der Waals surface area contributed by atoms with E-state index < -0.39 is 31.6 Å². The predicted octanol–water partition coefficient (Wildman–Crippen LogP) is 0.507. The molecular formula is C20H29Co2N3O7S2. The molecule has 0 aromatic heterocycles. The van der Waals surface area contributed by atoms with Crippen molar-refractivity contribution >= 4 is 26.1 Å². The van der Waals surface area contributed by atoms with Crippen molar-refractivity contribution in [1.29, 1.82) is 0 Å². The maximum absolute atomic E-state index is 12.7. The molecule has 0 saturated carbocycles. The van der Waals surface area contributed by atoms with Crippen molar-refractivity contribution < 1.29 is 54.9 Å². The number of methoxy groups -OCH3 is 1. The molecule has 0 spiro atoms. The van der Waals surface area contributed by atoms with E-state index in [-0.39, 0.29) is 63.2 Å². The molecule has 5 saturated heterocycles. The summed E-state index contributed by atoms with van der Waals surface area (Å²) in [5, 5.41) is 0. The number of rotatable bonds is 12. The third kappa shape index (κ3) is 4.24. The molecule has 0 atom stereocenters. The second-order valence-corrected chi connectivity index (χ2v) is 21.3. The van der Waals surface area contributed by atoms with Crippen molar-refractivity contribution in [1.82, 2.24) is 13.9 Å². The van der Waals surface area contributed by atoms with Crippen LogP contribution in [0.15, 0.2) is 30.3 Å². The molecule has 0 unspecified atom stereocenters. The van der Waals surface area contributed by atoms with E-state index in [0.29, 0.717) is 13.2 Å². The van der Waals surface area contributed by atoms with E-state index in [1.54, 1.807) is 7.11 Å². The molecule has 34 heavy (non-hydrogen) atoms. The number of nitrogens with one attached hydrogen (secondary N) is 1. The number of nitrogens with zero attached hydrogens (tertiary/aromatic N) is 2. The van der Waals surface area contributed by atoms with Crippen LogP contribution in [-0.4, -0.2) is 91.1 Å². The first-order valence-corrected chi connectivity index (χ1v) is 18.1. The van der Waals surface area contributed by atoms with Gasteiger partial charge in [-0.2, -0.15) is 0 Å². The number of sulfonamides is 2. The molecule has 0 aliphatic carbocycles. The van der Waals surface area contributed by atoms with Crippen LogP contribution in [0.25, 0.3) is 0 Å². The Labute approximate surface area is 207 Å². The quantitative estimate of drug-likeness (QED) is 0.369. The molecule has 5 fully saturated rings. The van der Waals surface area contributed by atoms with Gasteiger partial charge in [-0.25, -0.2) is 0 Å². The average molecular weight is 605 g/mol. The summed E-state index contributed by atoms with van der Waals surface area (Å²) in [6, 6.07) is 9.32. The summed E-state index contributed by atoms with van der Waals surface area (Å²) >= 11 is -0.0322. The molecule has 0 bridgehead atoms.